The SMILES string of the molecule is CC(C)(C)OC(=O)NCCCCCC(=O)Nc1nc(-c2cccc([N+](=O)[O-])c2)cs1. The molecule has 1 aromatic carbocycles. The van der Waals surface area contributed by atoms with Crippen molar-refractivity contribution in [3.05, 3.63) is 39.8 Å². The van der Waals surface area contributed by atoms with Crippen molar-refractivity contribution in [3.63, 3.8) is 0 Å². The molecular formula is C20H26N4O5S. The number of benzene rings is 1. The quantitative estimate of drug-likeness (QED) is 0.334. The Bertz CT molecular complexity index is 891. The number of nitrogens with one attached hydrogen (secondary N) is 2. The van der Waals surface area contributed by atoms with Gasteiger partial charge in [0.1, 0.15) is 5.60 Å². The number of aromatic nitrogens is 1. The maximum Gasteiger partial charge on any atom is 0.407 e. The molecule has 0 aliphatic carbocycles. The minimum atomic E-state index is -0.521. The Morgan fingerprint density at radius 3 is 2.70 bits per heavy atom. The van der Waals surface area contributed by atoms with Gasteiger partial charge in [-0.1, -0.05) is 18.6 Å². The Morgan fingerprint density at radius 1 is 1.23 bits per heavy atom. The molecule has 0 saturated carbocycles. The number of hydrogen-bond donors (Lipinski definition) is 2. The lowest BCUT2D eigenvalue weighted by molar-refractivity contribution is -0.384. The number of carbonyl (C=O) groups excluding carboxylic acids is 2. The lowest BCUT2D eigenvalue weighted by atomic mass is 10.1. The van der Waals surface area contributed by atoms with Gasteiger partial charge in [-0.2, -0.15) is 0 Å². The standard InChI is InChI=1S/C20H26N4O5S/c1-20(2,3)29-19(26)21-11-6-4-5-10-17(25)23-18-22-16(13-30-18)14-8-7-9-15(12-14)24(27)28/h7-9,12-13H,4-6,10-11H2,1-3H3,(H,21,26)(H,22,23,25). The van der Waals surface area contributed by atoms with Crippen molar-refractivity contribution in [1.29, 1.82) is 0 Å². The lowest BCUT2D eigenvalue weighted by Crippen LogP contribution is -2.33. The summed E-state index contributed by atoms with van der Waals surface area (Å²) in [5.41, 5.74) is 0.672. The largest absolute Gasteiger partial charge is 0.444 e. The first kappa shape index (κ1) is 23.3. The molecule has 0 fully saturated rings. The fourth-order valence-electron chi connectivity index (χ4n) is 2.52. The number of ether oxygens (including phenoxy) is 1. The summed E-state index contributed by atoms with van der Waals surface area (Å²) in [5, 5.41) is 18.5. The van der Waals surface area contributed by atoms with E-state index in [1.807, 2.05) is 0 Å². The van der Waals surface area contributed by atoms with Gasteiger partial charge in [-0.05, 0) is 33.6 Å². The molecule has 0 aliphatic heterocycles. The number of nitrogens with zero attached hydrogens (tertiary/aromatic N) is 2. The number of anilines is 1. The van der Waals surface area contributed by atoms with Crippen LogP contribution >= 0.6 is 11.3 Å². The Balaban J connectivity index is 1.69. The summed E-state index contributed by atoms with van der Waals surface area (Å²) in [6, 6.07) is 6.20. The fourth-order valence-corrected chi connectivity index (χ4v) is 3.25. The van der Waals surface area contributed by atoms with Crippen molar-refractivity contribution in [2.24, 2.45) is 0 Å². The zero-order valence-electron chi connectivity index (χ0n) is 17.3. The molecule has 10 heteroatoms. The normalized spacial score (nSPS) is 11.0. The highest BCUT2D eigenvalue weighted by atomic mass is 32.1. The molecule has 0 saturated heterocycles. The van der Waals surface area contributed by atoms with E-state index in [-0.39, 0.29) is 11.6 Å². The summed E-state index contributed by atoms with van der Waals surface area (Å²) in [6.45, 7) is 5.91. The van der Waals surface area contributed by atoms with Crippen molar-refractivity contribution in [2.75, 3.05) is 11.9 Å². The average molecular weight is 435 g/mol. The molecule has 0 unspecified atom stereocenters. The Morgan fingerprint density at radius 2 is 2.00 bits per heavy atom. The molecule has 2 amide bonds. The van der Waals surface area contributed by atoms with E-state index < -0.39 is 16.6 Å². The predicted molar refractivity (Wildman–Crippen MR) is 116 cm³/mol. The first-order valence-corrected chi connectivity index (χ1v) is 10.5. The molecule has 0 atom stereocenters. The van der Waals surface area contributed by atoms with Crippen LogP contribution in [0.2, 0.25) is 0 Å². The van der Waals surface area contributed by atoms with Gasteiger partial charge in [0.15, 0.2) is 5.13 Å². The highest BCUT2D eigenvalue weighted by Crippen LogP contribution is 2.27. The van der Waals surface area contributed by atoms with E-state index in [0.717, 1.165) is 12.8 Å². The molecule has 0 aliphatic rings. The third-order valence-electron chi connectivity index (χ3n) is 3.85. The zero-order chi connectivity index (χ0) is 22.1. The number of alkyl carbamates (subject to hydrolysis) is 1. The van der Waals surface area contributed by atoms with Gasteiger partial charge in [0, 0.05) is 36.0 Å². The molecule has 0 radical (unpaired) electrons. The van der Waals surface area contributed by atoms with E-state index >= 15 is 0 Å². The summed E-state index contributed by atoms with van der Waals surface area (Å²) < 4.78 is 5.15. The summed E-state index contributed by atoms with van der Waals surface area (Å²) in [7, 11) is 0. The second-order valence-electron chi connectivity index (χ2n) is 7.63. The van der Waals surface area contributed by atoms with Crippen LogP contribution in [0, 0.1) is 10.1 Å². The van der Waals surface area contributed by atoms with Gasteiger partial charge in [-0.15, -0.1) is 11.3 Å². The second-order valence-corrected chi connectivity index (χ2v) is 8.49. The first-order valence-electron chi connectivity index (χ1n) is 9.61. The van der Waals surface area contributed by atoms with Gasteiger partial charge in [-0.25, -0.2) is 9.78 Å². The third-order valence-corrected chi connectivity index (χ3v) is 4.61. The number of hydrogen-bond acceptors (Lipinski definition) is 7. The van der Waals surface area contributed by atoms with E-state index in [0.29, 0.717) is 35.8 Å². The molecule has 0 spiro atoms. The average Bonchev–Trinajstić information content (AvgIpc) is 3.11. The Hall–Kier alpha value is -3.01. The van der Waals surface area contributed by atoms with Gasteiger partial charge in [0.25, 0.3) is 5.69 Å². The molecular weight excluding hydrogens is 408 g/mol. The monoisotopic (exact) mass is 434 g/mol. The van der Waals surface area contributed by atoms with Crippen LogP contribution in [0.5, 0.6) is 0 Å². The molecule has 2 N–H and O–H groups in total. The molecule has 1 aromatic heterocycles. The van der Waals surface area contributed by atoms with Crippen molar-refractivity contribution < 1.29 is 19.2 Å². The topological polar surface area (TPSA) is 123 Å². The summed E-state index contributed by atoms with van der Waals surface area (Å²) in [5.74, 6) is -0.143. The number of amides is 2. The van der Waals surface area contributed by atoms with Gasteiger partial charge in [0.05, 0.1) is 10.6 Å². The highest BCUT2D eigenvalue weighted by Gasteiger charge is 2.15. The van der Waals surface area contributed by atoms with E-state index in [1.165, 1.54) is 23.5 Å². The van der Waals surface area contributed by atoms with E-state index in [4.69, 9.17) is 4.74 Å². The van der Waals surface area contributed by atoms with Crippen LogP contribution in [-0.2, 0) is 9.53 Å². The lowest BCUT2D eigenvalue weighted by Gasteiger charge is -2.19. The van der Waals surface area contributed by atoms with Crippen LogP contribution in [0.15, 0.2) is 29.6 Å². The fraction of sp³-hybridized carbons (Fsp3) is 0.450. The second kappa shape index (κ2) is 10.7. The smallest absolute Gasteiger partial charge is 0.407 e. The minimum Gasteiger partial charge on any atom is -0.444 e. The van der Waals surface area contributed by atoms with Gasteiger partial charge in [-0.3, -0.25) is 14.9 Å². The first-order chi connectivity index (χ1) is 14.1. The summed E-state index contributed by atoms with van der Waals surface area (Å²) >= 11 is 1.27. The number of rotatable bonds is 9. The number of thiazole rings is 1. The van der Waals surface area contributed by atoms with E-state index in [1.54, 1.807) is 38.3 Å². The van der Waals surface area contributed by atoms with Crippen LogP contribution in [0.4, 0.5) is 15.6 Å². The molecule has 2 aromatic rings. The van der Waals surface area contributed by atoms with Crippen molar-refractivity contribution >= 4 is 34.2 Å². The zero-order valence-corrected chi connectivity index (χ0v) is 18.1. The maximum atomic E-state index is 12.1. The number of nitro groups is 1. The van der Waals surface area contributed by atoms with Crippen molar-refractivity contribution in [3.8, 4) is 11.3 Å². The van der Waals surface area contributed by atoms with E-state index in [2.05, 4.69) is 15.6 Å². The Kier molecular flexibility index (Phi) is 8.28. The Labute approximate surface area is 179 Å². The summed E-state index contributed by atoms with van der Waals surface area (Å²) in [6.07, 6.45) is 2.13. The predicted octanol–water partition coefficient (Wildman–Crippen LogP) is 4.74. The number of non-ortho nitro benzene ring substituents is 1. The number of nitro benzene ring substituents is 1. The summed E-state index contributed by atoms with van der Waals surface area (Å²) in [4.78, 5) is 38.4. The molecule has 1 heterocycles. The van der Waals surface area contributed by atoms with Gasteiger partial charge >= 0.3 is 6.09 Å². The van der Waals surface area contributed by atoms with E-state index in [9.17, 15) is 19.7 Å². The minimum absolute atomic E-state index is 0.00718. The van der Waals surface area contributed by atoms with Crippen LogP contribution in [0.25, 0.3) is 11.3 Å². The van der Waals surface area contributed by atoms with Crippen molar-refractivity contribution in [2.45, 2.75) is 52.1 Å². The van der Waals surface area contributed by atoms with Crippen LogP contribution in [-0.4, -0.2) is 34.1 Å². The molecule has 9 nitrogen and oxygen atoms in total. The molecule has 30 heavy (non-hydrogen) atoms. The number of unbranched alkanes of at least 4 members (excludes halogenated alkanes) is 2. The highest BCUT2D eigenvalue weighted by molar-refractivity contribution is 7.14. The molecule has 162 valence electrons. The van der Waals surface area contributed by atoms with Crippen LogP contribution in [0.1, 0.15) is 46.5 Å². The van der Waals surface area contributed by atoms with Gasteiger partial charge < -0.3 is 15.4 Å². The van der Waals surface area contributed by atoms with Crippen LogP contribution in [0.3, 0.4) is 0 Å². The number of carbonyl (C=O) groups is 2. The van der Waals surface area contributed by atoms with Crippen LogP contribution < -0.4 is 10.6 Å². The molecule has 0 bridgehead atoms. The molecule has 2 rings (SSSR count). The maximum absolute atomic E-state index is 12.1. The third kappa shape index (κ3) is 8.16. The van der Waals surface area contributed by atoms with Crippen molar-refractivity contribution in [1.82, 2.24) is 10.3 Å². The van der Waals surface area contributed by atoms with Gasteiger partial charge in [0.2, 0.25) is 5.91 Å².